The Morgan fingerprint density at radius 2 is 1.66 bits per heavy atom. The predicted molar refractivity (Wildman–Crippen MR) is 120 cm³/mol. The molecule has 6 nitrogen and oxygen atoms in total. The number of hydrogen-bond acceptors (Lipinski definition) is 5. The molecule has 3 aromatic carbocycles. The van der Waals surface area contributed by atoms with E-state index in [1.165, 1.54) is 4.90 Å². The first-order chi connectivity index (χ1) is 15.4. The third kappa shape index (κ3) is 3.21. The zero-order valence-electron chi connectivity index (χ0n) is 17.7. The quantitative estimate of drug-likeness (QED) is 0.374. The molecule has 2 heterocycles. The lowest BCUT2D eigenvalue weighted by Crippen LogP contribution is -2.29. The standard InChI is InChI=1S/C26H21NO5/c1-15-6-8-17(9-7-15)24(28)22-23(18-5-3-4-16(2)12-18)27(26(30)25(22)29)19-10-11-20-21(13-19)32-14-31-20/h3-13,23,28H,14H2,1-2H3/b24-22+. The molecule has 0 spiro atoms. The summed E-state index contributed by atoms with van der Waals surface area (Å²) in [4.78, 5) is 27.9. The lowest BCUT2D eigenvalue weighted by molar-refractivity contribution is -0.132. The van der Waals surface area contributed by atoms with Crippen LogP contribution in [0.2, 0.25) is 0 Å². The minimum atomic E-state index is -0.781. The van der Waals surface area contributed by atoms with Crippen LogP contribution in [-0.4, -0.2) is 23.6 Å². The molecule has 0 saturated carbocycles. The zero-order chi connectivity index (χ0) is 22.4. The smallest absolute Gasteiger partial charge is 0.300 e. The summed E-state index contributed by atoms with van der Waals surface area (Å²) >= 11 is 0. The summed E-state index contributed by atoms with van der Waals surface area (Å²) in [5.41, 5.74) is 3.77. The molecule has 0 aromatic heterocycles. The fourth-order valence-electron chi connectivity index (χ4n) is 4.16. The third-order valence-electron chi connectivity index (χ3n) is 5.76. The van der Waals surface area contributed by atoms with Crippen LogP contribution < -0.4 is 14.4 Å². The van der Waals surface area contributed by atoms with Crippen LogP contribution in [0.3, 0.4) is 0 Å². The Labute approximate surface area is 185 Å². The van der Waals surface area contributed by atoms with Gasteiger partial charge < -0.3 is 14.6 Å². The van der Waals surface area contributed by atoms with Crippen LogP contribution in [0.4, 0.5) is 5.69 Å². The number of aryl methyl sites for hydroxylation is 2. The maximum absolute atomic E-state index is 13.2. The fourth-order valence-corrected chi connectivity index (χ4v) is 4.16. The van der Waals surface area contributed by atoms with Gasteiger partial charge in [0.05, 0.1) is 11.6 Å². The van der Waals surface area contributed by atoms with Crippen molar-refractivity contribution in [3.8, 4) is 11.5 Å². The number of aliphatic hydroxyl groups is 1. The fraction of sp³-hybridized carbons (Fsp3) is 0.154. The van der Waals surface area contributed by atoms with E-state index in [0.29, 0.717) is 22.7 Å². The van der Waals surface area contributed by atoms with Gasteiger partial charge in [0.1, 0.15) is 5.76 Å². The zero-order valence-corrected chi connectivity index (χ0v) is 17.7. The molecule has 1 fully saturated rings. The number of nitrogens with zero attached hydrogens (tertiary/aromatic N) is 1. The van der Waals surface area contributed by atoms with Gasteiger partial charge in [0, 0.05) is 17.3 Å². The number of rotatable bonds is 3. The first-order valence-corrected chi connectivity index (χ1v) is 10.3. The number of amides is 1. The Morgan fingerprint density at radius 1 is 0.906 bits per heavy atom. The molecule has 160 valence electrons. The first-order valence-electron chi connectivity index (χ1n) is 10.3. The van der Waals surface area contributed by atoms with Gasteiger partial charge in [-0.1, -0.05) is 59.7 Å². The molecule has 0 radical (unpaired) electrons. The molecule has 6 heteroatoms. The van der Waals surface area contributed by atoms with Crippen molar-refractivity contribution in [3.63, 3.8) is 0 Å². The van der Waals surface area contributed by atoms with Gasteiger partial charge in [-0.3, -0.25) is 14.5 Å². The number of ketones is 1. The van der Waals surface area contributed by atoms with E-state index in [1.807, 2.05) is 50.2 Å². The van der Waals surface area contributed by atoms with Crippen molar-refractivity contribution >= 4 is 23.1 Å². The highest BCUT2D eigenvalue weighted by atomic mass is 16.7. The number of hydrogen-bond donors (Lipinski definition) is 1. The van der Waals surface area contributed by atoms with E-state index in [2.05, 4.69) is 0 Å². The van der Waals surface area contributed by atoms with Crippen molar-refractivity contribution in [2.75, 3.05) is 11.7 Å². The molecule has 0 aliphatic carbocycles. The Balaban J connectivity index is 1.71. The highest BCUT2D eigenvalue weighted by Gasteiger charge is 2.47. The lowest BCUT2D eigenvalue weighted by atomic mass is 9.94. The number of ether oxygens (including phenoxy) is 2. The van der Waals surface area contributed by atoms with Gasteiger partial charge in [-0.05, 0) is 31.5 Å². The van der Waals surface area contributed by atoms with Crippen molar-refractivity contribution < 1.29 is 24.2 Å². The van der Waals surface area contributed by atoms with Crippen LogP contribution in [-0.2, 0) is 9.59 Å². The van der Waals surface area contributed by atoms with Crippen LogP contribution in [0.25, 0.3) is 5.76 Å². The average Bonchev–Trinajstić information content (AvgIpc) is 3.36. The number of anilines is 1. The minimum Gasteiger partial charge on any atom is -0.507 e. The summed E-state index contributed by atoms with van der Waals surface area (Å²) in [6.07, 6.45) is 0. The van der Waals surface area contributed by atoms with Crippen molar-refractivity contribution in [1.82, 2.24) is 0 Å². The molecule has 2 aliphatic rings. The van der Waals surface area contributed by atoms with Crippen molar-refractivity contribution in [1.29, 1.82) is 0 Å². The summed E-state index contributed by atoms with van der Waals surface area (Å²) in [6.45, 7) is 3.98. The first kappa shape index (κ1) is 19.9. The van der Waals surface area contributed by atoms with E-state index in [0.717, 1.165) is 16.7 Å². The number of carbonyl (C=O) groups is 2. The third-order valence-corrected chi connectivity index (χ3v) is 5.76. The van der Waals surface area contributed by atoms with Crippen LogP contribution in [0.5, 0.6) is 11.5 Å². The molecule has 2 aliphatic heterocycles. The molecular formula is C26H21NO5. The van der Waals surface area contributed by atoms with Gasteiger partial charge in [-0.2, -0.15) is 0 Å². The monoisotopic (exact) mass is 427 g/mol. The number of fused-ring (bicyclic) bond motifs is 1. The van der Waals surface area contributed by atoms with Crippen LogP contribution in [0.1, 0.15) is 28.3 Å². The summed E-state index contributed by atoms with van der Waals surface area (Å²) in [5, 5.41) is 11.2. The Bertz CT molecular complexity index is 1280. The van der Waals surface area contributed by atoms with Crippen molar-refractivity contribution in [2.24, 2.45) is 0 Å². The average molecular weight is 427 g/mol. The second-order valence-corrected chi connectivity index (χ2v) is 7.99. The van der Waals surface area contributed by atoms with Crippen LogP contribution in [0.15, 0.2) is 72.3 Å². The van der Waals surface area contributed by atoms with E-state index in [4.69, 9.17) is 9.47 Å². The molecule has 1 N–H and O–H groups in total. The summed E-state index contributed by atoms with van der Waals surface area (Å²) in [7, 11) is 0. The summed E-state index contributed by atoms with van der Waals surface area (Å²) in [6, 6.07) is 19.1. The second kappa shape index (κ2) is 7.57. The number of benzene rings is 3. The highest BCUT2D eigenvalue weighted by molar-refractivity contribution is 6.51. The number of aliphatic hydroxyl groups excluding tert-OH is 1. The molecule has 5 rings (SSSR count). The summed E-state index contributed by atoms with van der Waals surface area (Å²) in [5.74, 6) is -0.544. The van der Waals surface area contributed by atoms with E-state index in [9.17, 15) is 14.7 Å². The minimum absolute atomic E-state index is 0.0575. The van der Waals surface area contributed by atoms with Gasteiger partial charge >= 0.3 is 0 Å². The van der Waals surface area contributed by atoms with Gasteiger partial charge in [0.2, 0.25) is 6.79 Å². The molecule has 1 amide bonds. The molecule has 0 bridgehead atoms. The van der Waals surface area contributed by atoms with Gasteiger partial charge in [0.25, 0.3) is 11.7 Å². The van der Waals surface area contributed by atoms with Crippen LogP contribution in [0, 0.1) is 13.8 Å². The Kier molecular flexibility index (Phi) is 4.70. The van der Waals surface area contributed by atoms with Crippen LogP contribution >= 0.6 is 0 Å². The Hall–Kier alpha value is -4.06. The molecule has 32 heavy (non-hydrogen) atoms. The topological polar surface area (TPSA) is 76.1 Å². The van der Waals surface area contributed by atoms with Gasteiger partial charge in [-0.15, -0.1) is 0 Å². The second-order valence-electron chi connectivity index (χ2n) is 7.99. The SMILES string of the molecule is Cc1ccc(/C(O)=C2\C(=O)C(=O)N(c3ccc4c(c3)OCO4)C2c2cccc(C)c2)cc1. The summed E-state index contributed by atoms with van der Waals surface area (Å²) < 4.78 is 10.8. The predicted octanol–water partition coefficient (Wildman–Crippen LogP) is 4.66. The van der Waals surface area contributed by atoms with Crippen molar-refractivity contribution in [2.45, 2.75) is 19.9 Å². The van der Waals surface area contributed by atoms with Gasteiger partial charge in [-0.25, -0.2) is 0 Å². The van der Waals surface area contributed by atoms with E-state index < -0.39 is 17.7 Å². The lowest BCUT2D eigenvalue weighted by Gasteiger charge is -2.26. The highest BCUT2D eigenvalue weighted by Crippen LogP contribution is 2.45. The molecule has 1 unspecified atom stereocenters. The van der Waals surface area contributed by atoms with E-state index >= 15 is 0 Å². The number of carbonyl (C=O) groups excluding carboxylic acids is 2. The van der Waals surface area contributed by atoms with Gasteiger partial charge in [0.15, 0.2) is 11.5 Å². The number of Topliss-reactive ketones (excluding diaryl/α,β-unsaturated/α-hetero) is 1. The maximum atomic E-state index is 13.2. The van der Waals surface area contributed by atoms with E-state index in [-0.39, 0.29) is 18.1 Å². The van der Waals surface area contributed by atoms with Crippen molar-refractivity contribution in [3.05, 3.63) is 94.6 Å². The molecule has 1 saturated heterocycles. The molecule has 3 aromatic rings. The van der Waals surface area contributed by atoms with E-state index in [1.54, 1.807) is 30.3 Å². The normalized spacial score (nSPS) is 18.9. The Morgan fingerprint density at radius 3 is 2.41 bits per heavy atom. The molecular weight excluding hydrogens is 406 g/mol. The largest absolute Gasteiger partial charge is 0.507 e. The molecule has 1 atom stereocenters. The maximum Gasteiger partial charge on any atom is 0.300 e.